The lowest BCUT2D eigenvalue weighted by Crippen LogP contribution is -2.40. The maximum Gasteiger partial charge on any atom is 0.249 e. The number of rotatable bonds is 8. The van der Waals surface area contributed by atoms with Crippen molar-refractivity contribution in [1.29, 1.82) is 0 Å². The van der Waals surface area contributed by atoms with E-state index in [2.05, 4.69) is 24.5 Å². The normalized spacial score (nSPS) is 14.9. The van der Waals surface area contributed by atoms with Crippen molar-refractivity contribution >= 4 is 5.91 Å². The molecule has 4 nitrogen and oxygen atoms in total. The molecule has 0 saturated heterocycles. The van der Waals surface area contributed by atoms with Gasteiger partial charge in [-0.1, -0.05) is 20.8 Å². The van der Waals surface area contributed by atoms with Gasteiger partial charge in [0.05, 0.1) is 6.61 Å². The van der Waals surface area contributed by atoms with Crippen LogP contribution in [0.4, 0.5) is 0 Å². The van der Waals surface area contributed by atoms with E-state index >= 15 is 0 Å². The van der Waals surface area contributed by atoms with Gasteiger partial charge in [0.1, 0.15) is 6.10 Å². The summed E-state index contributed by atoms with van der Waals surface area (Å²) in [4.78, 5) is 11.6. The van der Waals surface area contributed by atoms with E-state index in [1.807, 2.05) is 13.8 Å². The van der Waals surface area contributed by atoms with Crippen molar-refractivity contribution in [2.24, 2.45) is 0 Å². The van der Waals surface area contributed by atoms with Crippen molar-refractivity contribution < 1.29 is 9.53 Å². The Labute approximate surface area is 99.1 Å². The second-order valence-corrected chi connectivity index (χ2v) is 4.44. The summed E-state index contributed by atoms with van der Waals surface area (Å²) in [7, 11) is 0. The van der Waals surface area contributed by atoms with Crippen LogP contribution in [0, 0.1) is 0 Å². The Morgan fingerprint density at radius 1 is 1.25 bits per heavy atom. The third-order valence-corrected chi connectivity index (χ3v) is 2.39. The van der Waals surface area contributed by atoms with Crippen LogP contribution in [-0.2, 0) is 9.53 Å². The van der Waals surface area contributed by atoms with Gasteiger partial charge in [-0.3, -0.25) is 4.79 Å². The Morgan fingerprint density at radius 2 is 1.88 bits per heavy atom. The van der Waals surface area contributed by atoms with Crippen LogP contribution in [-0.4, -0.2) is 37.2 Å². The number of carbonyl (C=O) groups is 1. The van der Waals surface area contributed by atoms with Gasteiger partial charge < -0.3 is 15.4 Å². The van der Waals surface area contributed by atoms with Gasteiger partial charge in [0.2, 0.25) is 5.91 Å². The zero-order valence-electron chi connectivity index (χ0n) is 11.2. The van der Waals surface area contributed by atoms with Gasteiger partial charge in [-0.2, -0.15) is 0 Å². The second kappa shape index (κ2) is 8.53. The summed E-state index contributed by atoms with van der Waals surface area (Å²) in [5.74, 6) is -0.0288. The first-order valence-electron chi connectivity index (χ1n) is 6.12. The Hall–Kier alpha value is -0.610. The van der Waals surface area contributed by atoms with Gasteiger partial charge in [0, 0.05) is 18.6 Å². The molecule has 0 aliphatic heterocycles. The molecule has 0 saturated carbocycles. The van der Waals surface area contributed by atoms with Gasteiger partial charge in [0.25, 0.3) is 0 Å². The molecular weight excluding hydrogens is 204 g/mol. The molecule has 4 heteroatoms. The Balaban J connectivity index is 3.63. The third-order valence-electron chi connectivity index (χ3n) is 2.39. The molecule has 0 aromatic carbocycles. The summed E-state index contributed by atoms with van der Waals surface area (Å²) in [6, 6.07) is 0.667. The van der Waals surface area contributed by atoms with Crippen LogP contribution in [0.5, 0.6) is 0 Å². The minimum atomic E-state index is -0.372. The van der Waals surface area contributed by atoms with E-state index in [0.717, 1.165) is 13.0 Å². The summed E-state index contributed by atoms with van der Waals surface area (Å²) in [6.45, 7) is 11.3. The minimum absolute atomic E-state index is 0.0288. The number of nitrogens with one attached hydrogen (secondary N) is 2. The second-order valence-electron chi connectivity index (χ2n) is 4.44. The molecule has 96 valence electrons. The molecule has 0 aromatic heterocycles. The first-order valence-corrected chi connectivity index (χ1v) is 6.12. The van der Waals surface area contributed by atoms with E-state index in [-0.39, 0.29) is 18.1 Å². The monoisotopic (exact) mass is 230 g/mol. The van der Waals surface area contributed by atoms with Gasteiger partial charge >= 0.3 is 0 Å². The first kappa shape index (κ1) is 15.4. The maximum atomic E-state index is 11.6. The molecule has 0 fully saturated rings. The molecule has 0 rings (SSSR count). The quantitative estimate of drug-likeness (QED) is 0.618. The zero-order valence-corrected chi connectivity index (χ0v) is 11.2. The lowest BCUT2D eigenvalue weighted by molar-refractivity contribution is -0.132. The zero-order chi connectivity index (χ0) is 12.6. The van der Waals surface area contributed by atoms with E-state index in [0.29, 0.717) is 12.6 Å². The molecule has 2 unspecified atom stereocenters. The van der Waals surface area contributed by atoms with Gasteiger partial charge in [-0.15, -0.1) is 0 Å². The van der Waals surface area contributed by atoms with Crippen LogP contribution in [0.1, 0.15) is 41.0 Å². The van der Waals surface area contributed by atoms with E-state index < -0.39 is 0 Å². The van der Waals surface area contributed by atoms with Crippen molar-refractivity contribution in [3.63, 3.8) is 0 Å². The predicted octanol–water partition coefficient (Wildman–Crippen LogP) is 1.30. The molecule has 0 aliphatic carbocycles. The van der Waals surface area contributed by atoms with Crippen LogP contribution in [0.15, 0.2) is 0 Å². The smallest absolute Gasteiger partial charge is 0.249 e. The predicted molar refractivity (Wildman–Crippen MR) is 66.4 cm³/mol. The molecule has 2 N–H and O–H groups in total. The van der Waals surface area contributed by atoms with Crippen LogP contribution >= 0.6 is 0 Å². The molecule has 16 heavy (non-hydrogen) atoms. The summed E-state index contributed by atoms with van der Waals surface area (Å²) < 4.78 is 5.43. The summed E-state index contributed by atoms with van der Waals surface area (Å²) in [5, 5.41) is 6.13. The highest BCUT2D eigenvalue weighted by Crippen LogP contribution is 1.94. The SMILES string of the molecule is CCC(C)NC(=O)C(C)OCCNC(C)C. The largest absolute Gasteiger partial charge is 0.367 e. The van der Waals surface area contributed by atoms with Crippen molar-refractivity contribution in [2.45, 2.75) is 59.2 Å². The summed E-state index contributed by atoms with van der Waals surface area (Å²) >= 11 is 0. The van der Waals surface area contributed by atoms with Crippen molar-refractivity contribution in [3.05, 3.63) is 0 Å². The molecule has 0 heterocycles. The average molecular weight is 230 g/mol. The Bertz CT molecular complexity index is 195. The molecular formula is C12H26N2O2. The Kier molecular flexibility index (Phi) is 8.21. The maximum absolute atomic E-state index is 11.6. The van der Waals surface area contributed by atoms with Crippen LogP contribution < -0.4 is 10.6 Å². The first-order chi connectivity index (χ1) is 7.47. The molecule has 0 radical (unpaired) electrons. The molecule has 1 amide bonds. The topological polar surface area (TPSA) is 50.4 Å². The van der Waals surface area contributed by atoms with Crippen LogP contribution in [0.2, 0.25) is 0 Å². The fourth-order valence-corrected chi connectivity index (χ4v) is 1.12. The van der Waals surface area contributed by atoms with Crippen molar-refractivity contribution in [2.75, 3.05) is 13.2 Å². The summed E-state index contributed by atoms with van der Waals surface area (Å²) in [5.41, 5.74) is 0. The Morgan fingerprint density at radius 3 is 2.38 bits per heavy atom. The van der Waals surface area contributed by atoms with E-state index in [1.165, 1.54) is 0 Å². The van der Waals surface area contributed by atoms with E-state index in [1.54, 1.807) is 6.92 Å². The number of amides is 1. The number of hydrogen-bond acceptors (Lipinski definition) is 3. The standard InChI is InChI=1S/C12H26N2O2/c1-6-10(4)14-12(15)11(5)16-8-7-13-9(2)3/h9-11,13H,6-8H2,1-5H3,(H,14,15). The lowest BCUT2D eigenvalue weighted by Gasteiger charge is -2.17. The minimum Gasteiger partial charge on any atom is -0.367 e. The molecule has 0 aliphatic rings. The van der Waals surface area contributed by atoms with Crippen molar-refractivity contribution in [3.8, 4) is 0 Å². The molecule has 0 bridgehead atoms. The van der Waals surface area contributed by atoms with Gasteiger partial charge in [-0.25, -0.2) is 0 Å². The third kappa shape index (κ3) is 7.65. The number of ether oxygens (including phenoxy) is 1. The van der Waals surface area contributed by atoms with Crippen LogP contribution in [0.25, 0.3) is 0 Å². The number of carbonyl (C=O) groups excluding carboxylic acids is 1. The number of hydrogen-bond donors (Lipinski definition) is 2. The average Bonchev–Trinajstić information content (AvgIpc) is 2.23. The molecule has 0 spiro atoms. The fourth-order valence-electron chi connectivity index (χ4n) is 1.12. The molecule has 0 aromatic rings. The molecule has 2 atom stereocenters. The van der Waals surface area contributed by atoms with E-state index in [9.17, 15) is 4.79 Å². The van der Waals surface area contributed by atoms with E-state index in [4.69, 9.17) is 4.74 Å². The van der Waals surface area contributed by atoms with Crippen molar-refractivity contribution in [1.82, 2.24) is 10.6 Å². The lowest BCUT2D eigenvalue weighted by atomic mass is 10.2. The van der Waals surface area contributed by atoms with Gasteiger partial charge in [-0.05, 0) is 20.3 Å². The highest BCUT2D eigenvalue weighted by Gasteiger charge is 2.14. The fraction of sp³-hybridized carbons (Fsp3) is 0.917. The highest BCUT2D eigenvalue weighted by atomic mass is 16.5. The van der Waals surface area contributed by atoms with Gasteiger partial charge in [0.15, 0.2) is 0 Å². The van der Waals surface area contributed by atoms with Crippen LogP contribution in [0.3, 0.4) is 0 Å². The summed E-state index contributed by atoms with van der Waals surface area (Å²) in [6.07, 6.45) is 0.566. The highest BCUT2D eigenvalue weighted by molar-refractivity contribution is 5.80.